The number of allylic oxidation sites excluding steroid dienone is 1. The summed E-state index contributed by atoms with van der Waals surface area (Å²) in [5.74, 6) is 5.48. The van der Waals surface area contributed by atoms with Gasteiger partial charge in [0.25, 0.3) is 6.08 Å². The normalized spacial score (nSPS) is 37.3. The monoisotopic (exact) mass is 522 g/mol. The maximum atomic E-state index is 12.2. The molecule has 4 fully saturated rings. The molecule has 0 amide bonds. The van der Waals surface area contributed by atoms with E-state index in [2.05, 4.69) is 6.92 Å². The summed E-state index contributed by atoms with van der Waals surface area (Å²) in [4.78, 5) is 0. The fourth-order valence-corrected chi connectivity index (χ4v) is 8.55. The molecule has 3 saturated carbocycles. The van der Waals surface area contributed by atoms with Gasteiger partial charge in [-0.15, -0.1) is 0 Å². The Bertz CT molecular complexity index is 631. The van der Waals surface area contributed by atoms with Gasteiger partial charge in [0, 0.05) is 13.2 Å². The number of hydrogen-bond donors (Lipinski definition) is 0. The van der Waals surface area contributed by atoms with Crippen LogP contribution in [0.15, 0.2) is 12.2 Å². The predicted molar refractivity (Wildman–Crippen MR) is 149 cm³/mol. The van der Waals surface area contributed by atoms with E-state index in [1.54, 1.807) is 0 Å². The Morgan fingerprint density at radius 1 is 0.676 bits per heavy atom. The second-order valence-electron chi connectivity index (χ2n) is 13.2. The maximum absolute atomic E-state index is 12.2. The van der Waals surface area contributed by atoms with E-state index in [9.17, 15) is 8.78 Å². The Kier molecular flexibility index (Phi) is 12.7. The van der Waals surface area contributed by atoms with Crippen LogP contribution in [0.5, 0.6) is 0 Å². The molecule has 0 bridgehead atoms. The molecule has 3 aliphatic carbocycles. The highest BCUT2D eigenvalue weighted by molar-refractivity contribution is 4.86. The summed E-state index contributed by atoms with van der Waals surface area (Å²) in [5, 5.41) is 0. The molecule has 0 radical (unpaired) electrons. The van der Waals surface area contributed by atoms with Crippen LogP contribution in [-0.4, -0.2) is 25.4 Å². The molecule has 0 N–H and O–H groups in total. The van der Waals surface area contributed by atoms with Crippen LogP contribution in [0.3, 0.4) is 0 Å². The van der Waals surface area contributed by atoms with Crippen LogP contribution < -0.4 is 0 Å². The highest BCUT2D eigenvalue weighted by Crippen LogP contribution is 2.46. The van der Waals surface area contributed by atoms with Crippen LogP contribution in [0, 0.1) is 35.5 Å². The van der Waals surface area contributed by atoms with Gasteiger partial charge in [-0.3, -0.25) is 0 Å². The van der Waals surface area contributed by atoms with Gasteiger partial charge in [0.2, 0.25) is 0 Å². The Labute approximate surface area is 226 Å². The standard InChI is InChI=1S/C33H56F2O2/c1-2-36-32-22-19-30(20-23-32)29-17-15-28(16-18-29)27-13-10-25(11-14-27)6-3-4-8-31-21-12-26(24-37-31)7-5-9-33(34)35/h9,25-32H,2-8,10-24H2,1H3. The fraction of sp³-hybridized carbons (Fsp3) is 0.939. The second-order valence-corrected chi connectivity index (χ2v) is 13.2. The summed E-state index contributed by atoms with van der Waals surface area (Å²) in [5.41, 5.74) is 0. The predicted octanol–water partition coefficient (Wildman–Crippen LogP) is 10.1. The average Bonchev–Trinajstić information content (AvgIpc) is 2.93. The Hall–Kier alpha value is -0.480. The lowest BCUT2D eigenvalue weighted by Crippen LogP contribution is -2.31. The molecule has 4 rings (SSSR count). The quantitative estimate of drug-likeness (QED) is 0.237. The topological polar surface area (TPSA) is 18.5 Å². The zero-order valence-electron chi connectivity index (χ0n) is 23.8. The smallest absolute Gasteiger partial charge is 0.266 e. The molecule has 2 nitrogen and oxygen atoms in total. The van der Waals surface area contributed by atoms with E-state index in [4.69, 9.17) is 9.47 Å². The van der Waals surface area contributed by atoms with Crippen molar-refractivity contribution in [3.8, 4) is 0 Å². The Morgan fingerprint density at radius 2 is 1.22 bits per heavy atom. The van der Waals surface area contributed by atoms with E-state index in [1.165, 1.54) is 103 Å². The summed E-state index contributed by atoms with van der Waals surface area (Å²) in [6, 6.07) is 0. The van der Waals surface area contributed by atoms with E-state index < -0.39 is 6.08 Å². The molecule has 4 aliphatic rings. The molecule has 1 heterocycles. The van der Waals surface area contributed by atoms with Crippen LogP contribution in [0.25, 0.3) is 0 Å². The van der Waals surface area contributed by atoms with Gasteiger partial charge < -0.3 is 9.47 Å². The largest absolute Gasteiger partial charge is 0.379 e. The van der Waals surface area contributed by atoms with Crippen molar-refractivity contribution >= 4 is 0 Å². The van der Waals surface area contributed by atoms with Crippen molar-refractivity contribution in [2.75, 3.05) is 13.2 Å². The third-order valence-electron chi connectivity index (χ3n) is 10.9. The number of halogens is 2. The summed E-state index contributed by atoms with van der Waals surface area (Å²) in [7, 11) is 0. The van der Waals surface area contributed by atoms with Gasteiger partial charge in [0.15, 0.2) is 0 Å². The Balaban J connectivity index is 1.01. The summed E-state index contributed by atoms with van der Waals surface area (Å²) >= 11 is 0. The van der Waals surface area contributed by atoms with Crippen LogP contribution in [0.1, 0.15) is 135 Å². The highest BCUT2D eigenvalue weighted by Gasteiger charge is 2.34. The van der Waals surface area contributed by atoms with E-state index in [0.717, 1.165) is 68.1 Å². The molecule has 1 aliphatic heterocycles. The zero-order valence-corrected chi connectivity index (χ0v) is 23.8. The van der Waals surface area contributed by atoms with Crippen molar-refractivity contribution in [2.24, 2.45) is 35.5 Å². The Morgan fingerprint density at radius 3 is 1.76 bits per heavy atom. The van der Waals surface area contributed by atoms with Crippen LogP contribution in [-0.2, 0) is 9.47 Å². The van der Waals surface area contributed by atoms with Crippen molar-refractivity contribution in [3.05, 3.63) is 12.2 Å². The van der Waals surface area contributed by atoms with Crippen molar-refractivity contribution in [1.29, 1.82) is 0 Å². The first-order valence-corrected chi connectivity index (χ1v) is 16.3. The molecule has 37 heavy (non-hydrogen) atoms. The minimum absolute atomic E-state index is 0.412. The van der Waals surface area contributed by atoms with Crippen molar-refractivity contribution in [1.82, 2.24) is 0 Å². The molecule has 0 aromatic heterocycles. The van der Waals surface area contributed by atoms with E-state index in [1.807, 2.05) is 0 Å². The molecule has 2 unspecified atom stereocenters. The van der Waals surface area contributed by atoms with Gasteiger partial charge in [-0.05, 0) is 145 Å². The summed E-state index contributed by atoms with van der Waals surface area (Å²) in [6.07, 6.45) is 26.7. The van der Waals surface area contributed by atoms with Gasteiger partial charge >= 0.3 is 0 Å². The molecular weight excluding hydrogens is 466 g/mol. The maximum Gasteiger partial charge on any atom is 0.266 e. The molecule has 214 valence electrons. The number of ether oxygens (including phenoxy) is 2. The molecule has 4 heteroatoms. The van der Waals surface area contributed by atoms with Gasteiger partial charge in [0.1, 0.15) is 0 Å². The van der Waals surface area contributed by atoms with Crippen LogP contribution >= 0.6 is 0 Å². The minimum Gasteiger partial charge on any atom is -0.379 e. The molecule has 1 saturated heterocycles. The molecule has 2 atom stereocenters. The lowest BCUT2D eigenvalue weighted by Gasteiger charge is -2.41. The van der Waals surface area contributed by atoms with Crippen molar-refractivity contribution in [2.45, 2.75) is 148 Å². The minimum atomic E-state index is -1.54. The number of rotatable bonds is 12. The second kappa shape index (κ2) is 15.9. The first kappa shape index (κ1) is 29.5. The van der Waals surface area contributed by atoms with Gasteiger partial charge in [-0.1, -0.05) is 32.1 Å². The summed E-state index contributed by atoms with van der Waals surface area (Å²) in [6.45, 7) is 3.79. The highest BCUT2D eigenvalue weighted by atomic mass is 19.3. The third-order valence-corrected chi connectivity index (χ3v) is 10.9. The van der Waals surface area contributed by atoms with Gasteiger partial charge in [-0.25, -0.2) is 0 Å². The van der Waals surface area contributed by atoms with Crippen molar-refractivity contribution in [3.63, 3.8) is 0 Å². The van der Waals surface area contributed by atoms with Gasteiger partial charge in [-0.2, -0.15) is 8.78 Å². The zero-order chi connectivity index (χ0) is 25.9. The lowest BCUT2D eigenvalue weighted by molar-refractivity contribution is -0.0227. The van der Waals surface area contributed by atoms with E-state index in [-0.39, 0.29) is 0 Å². The number of unbranched alkanes of at least 4 members (excludes halogenated alkanes) is 1. The third kappa shape index (κ3) is 9.89. The SMILES string of the molecule is CCOC1CCC(C2CCC(C3CCC(CCCCC4CCC(CCC=C(F)F)CO4)CC3)CC2)CC1. The van der Waals surface area contributed by atoms with Crippen LogP contribution in [0.2, 0.25) is 0 Å². The average molecular weight is 523 g/mol. The molecule has 0 aromatic rings. The number of hydrogen-bond acceptors (Lipinski definition) is 2. The van der Waals surface area contributed by atoms with Gasteiger partial charge in [0.05, 0.1) is 12.2 Å². The first-order valence-electron chi connectivity index (χ1n) is 16.3. The fourth-order valence-electron chi connectivity index (χ4n) is 8.55. The molecule has 0 aromatic carbocycles. The van der Waals surface area contributed by atoms with Crippen molar-refractivity contribution < 1.29 is 18.3 Å². The summed E-state index contributed by atoms with van der Waals surface area (Å²) < 4.78 is 36.3. The lowest BCUT2D eigenvalue weighted by atomic mass is 9.65. The van der Waals surface area contributed by atoms with E-state index >= 15 is 0 Å². The van der Waals surface area contributed by atoms with E-state index in [0.29, 0.717) is 24.5 Å². The van der Waals surface area contributed by atoms with Crippen LogP contribution in [0.4, 0.5) is 8.78 Å². The first-order chi connectivity index (χ1) is 18.1. The molecule has 0 spiro atoms. The molecular formula is C33H56F2O2.